The average Bonchev–Trinajstić information content (AvgIpc) is 2.57. The van der Waals surface area contributed by atoms with E-state index in [4.69, 9.17) is 0 Å². The molecule has 3 nitrogen and oxygen atoms in total. The highest BCUT2D eigenvalue weighted by Gasteiger charge is 2.16. The highest BCUT2D eigenvalue weighted by Crippen LogP contribution is 2.25. The van der Waals surface area contributed by atoms with Crippen LogP contribution >= 0.6 is 11.8 Å². The van der Waals surface area contributed by atoms with Crippen molar-refractivity contribution in [1.82, 2.24) is 4.98 Å². The summed E-state index contributed by atoms with van der Waals surface area (Å²) in [4.78, 5) is 6.72. The number of rotatable bonds is 2. The van der Waals surface area contributed by atoms with Crippen LogP contribution in [0.4, 0.5) is 5.82 Å². The summed E-state index contributed by atoms with van der Waals surface area (Å²) in [5, 5.41) is 9.73. The normalized spacial score (nSPS) is 19.2. The van der Waals surface area contributed by atoms with Gasteiger partial charge >= 0.3 is 0 Å². The van der Waals surface area contributed by atoms with Crippen molar-refractivity contribution in [1.29, 1.82) is 0 Å². The van der Waals surface area contributed by atoms with Gasteiger partial charge in [0.2, 0.25) is 0 Å². The lowest BCUT2D eigenvalue weighted by Crippen LogP contribution is -2.27. The number of hydrogen-bond acceptors (Lipinski definition) is 4. The molecule has 1 aliphatic rings. The van der Waals surface area contributed by atoms with Crippen molar-refractivity contribution in [3.05, 3.63) is 23.9 Å². The van der Waals surface area contributed by atoms with Crippen molar-refractivity contribution in [3.63, 3.8) is 0 Å². The summed E-state index contributed by atoms with van der Waals surface area (Å²) in [6.45, 7) is 3.87. The predicted octanol–water partition coefficient (Wildman–Crippen LogP) is 2.08. The summed E-state index contributed by atoms with van der Waals surface area (Å²) < 4.78 is 0. The molecule has 0 radical (unpaired) electrons. The molecule has 0 aromatic carbocycles. The van der Waals surface area contributed by atoms with Gasteiger partial charge in [0.1, 0.15) is 5.82 Å². The van der Waals surface area contributed by atoms with Crippen LogP contribution in [0.3, 0.4) is 0 Å². The minimum atomic E-state index is -0.445. The SMILES string of the molecule is C[C@H](O)c1cccnc1N1CCCSCC1. The molecule has 0 saturated carbocycles. The fraction of sp³-hybridized carbons (Fsp3) is 0.583. The number of hydrogen-bond donors (Lipinski definition) is 1. The number of nitrogens with zero attached hydrogens (tertiary/aromatic N) is 2. The highest BCUT2D eigenvalue weighted by atomic mass is 32.2. The summed E-state index contributed by atoms with van der Waals surface area (Å²) in [5.41, 5.74) is 0.939. The summed E-state index contributed by atoms with van der Waals surface area (Å²) in [5.74, 6) is 3.34. The van der Waals surface area contributed by atoms with Crippen molar-refractivity contribution in [2.24, 2.45) is 0 Å². The topological polar surface area (TPSA) is 36.4 Å². The lowest BCUT2D eigenvalue weighted by atomic mass is 10.1. The fourth-order valence-corrected chi connectivity index (χ4v) is 2.84. The molecule has 1 saturated heterocycles. The molecule has 1 atom stereocenters. The van der Waals surface area contributed by atoms with E-state index in [9.17, 15) is 5.11 Å². The minimum absolute atomic E-state index is 0.445. The standard InChI is InChI=1S/C12H18N2OS/c1-10(15)11-4-2-5-13-12(11)14-6-3-8-16-9-7-14/h2,4-5,10,15H,3,6-9H2,1H3/t10-/m0/s1. The van der Waals surface area contributed by atoms with Crippen molar-refractivity contribution in [2.75, 3.05) is 29.5 Å². The van der Waals surface area contributed by atoms with Gasteiger partial charge < -0.3 is 10.0 Å². The molecule has 0 spiro atoms. The molecule has 0 amide bonds. The Hall–Kier alpha value is -0.740. The number of aliphatic hydroxyl groups is 1. The van der Waals surface area contributed by atoms with Gasteiger partial charge in [0.05, 0.1) is 6.10 Å². The summed E-state index contributed by atoms with van der Waals surface area (Å²) >= 11 is 2.00. The van der Waals surface area contributed by atoms with E-state index in [0.717, 1.165) is 30.2 Å². The Kier molecular flexibility index (Phi) is 4.07. The van der Waals surface area contributed by atoms with Gasteiger partial charge in [-0.3, -0.25) is 0 Å². The van der Waals surface area contributed by atoms with Crippen molar-refractivity contribution in [3.8, 4) is 0 Å². The first kappa shape index (κ1) is 11.7. The van der Waals surface area contributed by atoms with Gasteiger partial charge in [-0.2, -0.15) is 11.8 Å². The number of pyridine rings is 1. The molecule has 16 heavy (non-hydrogen) atoms. The molecule has 1 aromatic rings. The fourth-order valence-electron chi connectivity index (χ4n) is 1.96. The van der Waals surface area contributed by atoms with E-state index in [1.807, 2.05) is 23.9 Å². The van der Waals surface area contributed by atoms with Gasteiger partial charge in [-0.1, -0.05) is 6.07 Å². The van der Waals surface area contributed by atoms with Crippen LogP contribution in [0.2, 0.25) is 0 Å². The van der Waals surface area contributed by atoms with Gasteiger partial charge in [-0.05, 0) is 25.2 Å². The highest BCUT2D eigenvalue weighted by molar-refractivity contribution is 7.99. The largest absolute Gasteiger partial charge is 0.389 e. The van der Waals surface area contributed by atoms with Crippen LogP contribution in [0, 0.1) is 0 Å². The lowest BCUT2D eigenvalue weighted by molar-refractivity contribution is 0.199. The van der Waals surface area contributed by atoms with E-state index in [1.165, 1.54) is 12.2 Å². The van der Waals surface area contributed by atoms with Gasteiger partial charge in [0.15, 0.2) is 0 Å². The molecule has 0 bridgehead atoms. The maximum absolute atomic E-state index is 9.73. The number of thioether (sulfide) groups is 1. The quantitative estimate of drug-likeness (QED) is 0.856. The van der Waals surface area contributed by atoms with E-state index >= 15 is 0 Å². The van der Waals surface area contributed by atoms with E-state index in [1.54, 1.807) is 13.1 Å². The maximum atomic E-state index is 9.73. The monoisotopic (exact) mass is 238 g/mol. The second kappa shape index (κ2) is 5.55. The third kappa shape index (κ3) is 2.68. The van der Waals surface area contributed by atoms with Gasteiger partial charge in [0, 0.05) is 30.6 Å². The third-order valence-corrected chi connectivity index (χ3v) is 3.84. The Morgan fingerprint density at radius 1 is 1.44 bits per heavy atom. The van der Waals surface area contributed by atoms with Crippen LogP contribution in [0.15, 0.2) is 18.3 Å². The van der Waals surface area contributed by atoms with Crippen LogP contribution in [-0.2, 0) is 0 Å². The van der Waals surface area contributed by atoms with Crippen LogP contribution < -0.4 is 4.90 Å². The van der Waals surface area contributed by atoms with Gasteiger partial charge in [0.25, 0.3) is 0 Å². The first-order valence-electron chi connectivity index (χ1n) is 5.74. The Balaban J connectivity index is 2.23. The minimum Gasteiger partial charge on any atom is -0.389 e. The second-order valence-corrected chi connectivity index (χ2v) is 5.27. The Labute approximate surface area is 101 Å². The zero-order chi connectivity index (χ0) is 11.4. The average molecular weight is 238 g/mol. The number of aliphatic hydroxyl groups excluding tert-OH is 1. The molecule has 2 heterocycles. The Morgan fingerprint density at radius 2 is 2.31 bits per heavy atom. The maximum Gasteiger partial charge on any atom is 0.134 e. The smallest absolute Gasteiger partial charge is 0.134 e. The molecule has 0 aliphatic carbocycles. The first-order chi connectivity index (χ1) is 7.79. The molecule has 1 N–H and O–H groups in total. The van der Waals surface area contributed by atoms with Crippen molar-refractivity contribution < 1.29 is 5.11 Å². The predicted molar refractivity (Wildman–Crippen MR) is 69.0 cm³/mol. The summed E-state index contributed by atoms with van der Waals surface area (Å²) in [7, 11) is 0. The second-order valence-electron chi connectivity index (χ2n) is 4.05. The zero-order valence-corrected chi connectivity index (χ0v) is 10.4. The molecule has 0 unspecified atom stereocenters. The number of anilines is 1. The molecule has 1 aromatic heterocycles. The molecule has 1 fully saturated rings. The van der Waals surface area contributed by atoms with Crippen molar-refractivity contribution >= 4 is 17.6 Å². The lowest BCUT2D eigenvalue weighted by Gasteiger charge is -2.24. The van der Waals surface area contributed by atoms with Crippen LogP contribution in [0.5, 0.6) is 0 Å². The van der Waals surface area contributed by atoms with Gasteiger partial charge in [-0.15, -0.1) is 0 Å². The van der Waals surface area contributed by atoms with E-state index in [-0.39, 0.29) is 0 Å². The zero-order valence-electron chi connectivity index (χ0n) is 9.59. The molecule has 2 rings (SSSR count). The molecular formula is C12H18N2OS. The van der Waals surface area contributed by atoms with E-state index in [0.29, 0.717) is 0 Å². The first-order valence-corrected chi connectivity index (χ1v) is 6.90. The molecule has 88 valence electrons. The van der Waals surface area contributed by atoms with Gasteiger partial charge in [-0.25, -0.2) is 4.98 Å². The van der Waals surface area contributed by atoms with Crippen LogP contribution in [-0.4, -0.2) is 34.7 Å². The number of aromatic nitrogens is 1. The Bertz CT molecular complexity index is 336. The van der Waals surface area contributed by atoms with E-state index in [2.05, 4.69) is 9.88 Å². The molecule has 1 aliphatic heterocycles. The molecular weight excluding hydrogens is 220 g/mol. The van der Waals surface area contributed by atoms with Crippen molar-refractivity contribution in [2.45, 2.75) is 19.4 Å². The molecule has 4 heteroatoms. The van der Waals surface area contributed by atoms with Crippen LogP contribution in [0.25, 0.3) is 0 Å². The summed E-state index contributed by atoms with van der Waals surface area (Å²) in [6.07, 6.45) is 2.55. The third-order valence-electron chi connectivity index (χ3n) is 2.79. The summed E-state index contributed by atoms with van der Waals surface area (Å²) in [6, 6.07) is 3.85. The van der Waals surface area contributed by atoms with Crippen LogP contribution in [0.1, 0.15) is 25.0 Å². The Morgan fingerprint density at radius 3 is 3.12 bits per heavy atom. The van der Waals surface area contributed by atoms with E-state index < -0.39 is 6.10 Å².